The first-order chi connectivity index (χ1) is 14.4. The Bertz CT molecular complexity index is 1120. The van der Waals surface area contributed by atoms with E-state index in [0.717, 1.165) is 17.4 Å². The van der Waals surface area contributed by atoms with Crippen LogP contribution >= 0.6 is 0 Å². The lowest BCUT2D eigenvalue weighted by Gasteiger charge is -2.41. The third-order valence-corrected chi connectivity index (χ3v) is 5.81. The van der Waals surface area contributed by atoms with Crippen LogP contribution in [0.5, 0.6) is 5.75 Å². The second-order valence-electron chi connectivity index (χ2n) is 7.93. The first-order valence-corrected chi connectivity index (χ1v) is 10.3. The van der Waals surface area contributed by atoms with Gasteiger partial charge in [0.05, 0.1) is 5.52 Å². The predicted molar refractivity (Wildman–Crippen MR) is 119 cm³/mol. The molecule has 0 saturated carbocycles. The molecule has 0 bridgehead atoms. The highest BCUT2D eigenvalue weighted by atomic mass is 16.5. The minimum absolute atomic E-state index is 0.0600. The molecule has 1 amide bonds. The Kier molecular flexibility index (Phi) is 5.48. The Labute approximate surface area is 176 Å². The number of rotatable bonds is 4. The number of para-hydroxylation sites is 1. The molecule has 3 aromatic rings. The third kappa shape index (κ3) is 3.90. The summed E-state index contributed by atoms with van der Waals surface area (Å²) in [6, 6.07) is 17.7. The molecule has 156 valence electrons. The van der Waals surface area contributed by atoms with Crippen molar-refractivity contribution in [3.63, 3.8) is 0 Å². The summed E-state index contributed by atoms with van der Waals surface area (Å²) in [6.45, 7) is 6.22. The number of pyridine rings is 1. The molecule has 1 aliphatic rings. The summed E-state index contributed by atoms with van der Waals surface area (Å²) in [4.78, 5) is 29.2. The average Bonchev–Trinajstić information content (AvgIpc) is 2.76. The fraction of sp³-hybridized carbons (Fsp3) is 0.333. The zero-order valence-electron chi connectivity index (χ0n) is 17.7. The number of carbonyl (C=O) groups is 1. The van der Waals surface area contributed by atoms with Gasteiger partial charge in [0.25, 0.3) is 11.5 Å². The topological polar surface area (TPSA) is 54.8 Å². The number of anilines is 1. The number of aryl methyl sites for hydroxylation is 2. The lowest BCUT2D eigenvalue weighted by atomic mass is 10.1. The Morgan fingerprint density at radius 3 is 2.57 bits per heavy atom. The van der Waals surface area contributed by atoms with Crippen molar-refractivity contribution in [3.8, 4) is 5.75 Å². The average molecular weight is 405 g/mol. The van der Waals surface area contributed by atoms with Crippen molar-refractivity contribution in [3.05, 3.63) is 70.5 Å². The summed E-state index contributed by atoms with van der Waals surface area (Å²) < 4.78 is 7.39. The van der Waals surface area contributed by atoms with Crippen LogP contribution in [0.2, 0.25) is 0 Å². The van der Waals surface area contributed by atoms with Crippen LogP contribution in [0.25, 0.3) is 10.9 Å². The van der Waals surface area contributed by atoms with Crippen molar-refractivity contribution in [2.75, 3.05) is 31.1 Å². The van der Waals surface area contributed by atoms with Crippen LogP contribution in [0, 0.1) is 6.92 Å². The Morgan fingerprint density at radius 1 is 1.10 bits per heavy atom. The SMILES string of the molecule is Cc1ccc(N2CCN(C(=O)COc3cc(=O)n(C)c4ccccc34)CC2C)cc1. The number of nitrogens with zero attached hydrogens (tertiary/aromatic N) is 3. The molecule has 2 aromatic carbocycles. The van der Waals surface area contributed by atoms with Gasteiger partial charge in [0.1, 0.15) is 5.75 Å². The zero-order valence-corrected chi connectivity index (χ0v) is 17.7. The van der Waals surface area contributed by atoms with Crippen molar-refractivity contribution in [1.82, 2.24) is 9.47 Å². The molecule has 6 heteroatoms. The molecule has 0 N–H and O–H groups in total. The number of aromatic nitrogens is 1. The molecule has 1 saturated heterocycles. The van der Waals surface area contributed by atoms with E-state index in [9.17, 15) is 9.59 Å². The summed E-state index contributed by atoms with van der Waals surface area (Å²) in [5.74, 6) is 0.392. The monoisotopic (exact) mass is 405 g/mol. The molecule has 4 rings (SSSR count). The largest absolute Gasteiger partial charge is 0.483 e. The molecular weight excluding hydrogens is 378 g/mol. The molecule has 1 aromatic heterocycles. The van der Waals surface area contributed by atoms with E-state index in [2.05, 4.69) is 43.0 Å². The second kappa shape index (κ2) is 8.22. The van der Waals surface area contributed by atoms with Crippen LogP contribution in [0.3, 0.4) is 0 Å². The summed E-state index contributed by atoms with van der Waals surface area (Å²) in [7, 11) is 1.73. The van der Waals surface area contributed by atoms with E-state index in [1.165, 1.54) is 17.3 Å². The summed E-state index contributed by atoms with van der Waals surface area (Å²) >= 11 is 0. The van der Waals surface area contributed by atoms with Crippen LogP contribution in [0.15, 0.2) is 59.4 Å². The first-order valence-electron chi connectivity index (χ1n) is 10.3. The summed E-state index contributed by atoms with van der Waals surface area (Å²) in [6.07, 6.45) is 0. The van der Waals surface area contributed by atoms with Gasteiger partial charge in [0.2, 0.25) is 0 Å². The summed E-state index contributed by atoms with van der Waals surface area (Å²) in [5, 5.41) is 0.824. The molecule has 0 spiro atoms. The minimum atomic E-state index is -0.156. The van der Waals surface area contributed by atoms with Crippen molar-refractivity contribution in [2.45, 2.75) is 19.9 Å². The van der Waals surface area contributed by atoms with Crippen LogP contribution in [-0.4, -0.2) is 47.7 Å². The molecule has 0 radical (unpaired) electrons. The maximum absolute atomic E-state index is 12.8. The van der Waals surface area contributed by atoms with E-state index in [1.807, 2.05) is 29.2 Å². The number of hydrogen-bond donors (Lipinski definition) is 0. The number of carbonyl (C=O) groups excluding carboxylic acids is 1. The maximum Gasteiger partial charge on any atom is 0.260 e. The van der Waals surface area contributed by atoms with Crippen LogP contribution < -0.4 is 15.2 Å². The van der Waals surface area contributed by atoms with Crippen LogP contribution in [0.4, 0.5) is 5.69 Å². The first kappa shape index (κ1) is 20.0. The van der Waals surface area contributed by atoms with Gasteiger partial charge in [-0.25, -0.2) is 0 Å². The van der Waals surface area contributed by atoms with Gasteiger partial charge < -0.3 is 19.1 Å². The van der Waals surface area contributed by atoms with Crippen molar-refractivity contribution in [1.29, 1.82) is 0 Å². The van der Waals surface area contributed by atoms with Gasteiger partial charge in [-0.1, -0.05) is 29.8 Å². The van der Waals surface area contributed by atoms with Gasteiger partial charge >= 0.3 is 0 Å². The molecule has 1 atom stereocenters. The number of piperazine rings is 1. The minimum Gasteiger partial charge on any atom is -0.483 e. The molecule has 1 fully saturated rings. The number of amides is 1. The highest BCUT2D eigenvalue weighted by Gasteiger charge is 2.27. The van der Waals surface area contributed by atoms with Crippen molar-refractivity contribution in [2.24, 2.45) is 7.05 Å². The standard InChI is InChI=1S/C24H27N3O3/c1-17-8-10-19(11-9-17)27-13-12-26(15-18(27)2)24(29)16-30-22-14-23(28)25(3)21-7-5-4-6-20(21)22/h4-11,14,18H,12-13,15-16H2,1-3H3. The number of hydrogen-bond acceptors (Lipinski definition) is 4. The van der Waals surface area contributed by atoms with Gasteiger partial charge in [-0.05, 0) is 38.1 Å². The number of ether oxygens (including phenoxy) is 1. The number of benzene rings is 2. The highest BCUT2D eigenvalue weighted by molar-refractivity contribution is 5.86. The fourth-order valence-electron chi connectivity index (χ4n) is 4.03. The lowest BCUT2D eigenvalue weighted by Crippen LogP contribution is -2.54. The summed E-state index contributed by atoms with van der Waals surface area (Å²) in [5.41, 5.74) is 3.05. The van der Waals surface area contributed by atoms with E-state index in [-0.39, 0.29) is 24.1 Å². The fourth-order valence-corrected chi connectivity index (χ4v) is 4.03. The van der Waals surface area contributed by atoms with Gasteiger partial charge in [-0.3, -0.25) is 9.59 Å². The van der Waals surface area contributed by atoms with Gasteiger partial charge in [-0.15, -0.1) is 0 Å². The molecule has 6 nitrogen and oxygen atoms in total. The number of fused-ring (bicyclic) bond motifs is 1. The Morgan fingerprint density at radius 2 is 1.83 bits per heavy atom. The van der Waals surface area contributed by atoms with E-state index < -0.39 is 0 Å². The maximum atomic E-state index is 12.8. The van der Waals surface area contributed by atoms with E-state index >= 15 is 0 Å². The normalized spacial score (nSPS) is 16.7. The molecule has 1 aliphatic heterocycles. The van der Waals surface area contributed by atoms with Gasteiger partial charge in [0.15, 0.2) is 6.61 Å². The molecule has 2 heterocycles. The molecule has 0 aliphatic carbocycles. The van der Waals surface area contributed by atoms with Gasteiger partial charge in [-0.2, -0.15) is 0 Å². The van der Waals surface area contributed by atoms with Crippen LogP contribution in [-0.2, 0) is 11.8 Å². The van der Waals surface area contributed by atoms with E-state index in [4.69, 9.17) is 4.74 Å². The zero-order chi connectivity index (χ0) is 21.3. The molecular formula is C24H27N3O3. The van der Waals surface area contributed by atoms with Gasteiger partial charge in [0, 0.05) is 49.9 Å². The smallest absolute Gasteiger partial charge is 0.260 e. The predicted octanol–water partition coefficient (Wildman–Crippen LogP) is 2.96. The molecule has 30 heavy (non-hydrogen) atoms. The highest BCUT2D eigenvalue weighted by Crippen LogP contribution is 2.24. The molecule has 1 unspecified atom stereocenters. The van der Waals surface area contributed by atoms with Crippen LogP contribution in [0.1, 0.15) is 12.5 Å². The second-order valence-corrected chi connectivity index (χ2v) is 7.93. The van der Waals surface area contributed by atoms with E-state index in [0.29, 0.717) is 18.8 Å². The third-order valence-electron chi connectivity index (χ3n) is 5.81. The quantitative estimate of drug-likeness (QED) is 0.670. The van der Waals surface area contributed by atoms with Crippen molar-refractivity contribution >= 4 is 22.5 Å². The lowest BCUT2D eigenvalue weighted by molar-refractivity contribution is -0.134. The van der Waals surface area contributed by atoms with Crippen molar-refractivity contribution < 1.29 is 9.53 Å². The van der Waals surface area contributed by atoms with E-state index in [1.54, 1.807) is 11.6 Å². The Hall–Kier alpha value is -3.28. The Balaban J connectivity index is 1.42.